The van der Waals surface area contributed by atoms with Crippen LogP contribution in [0, 0.1) is 11.8 Å². The Morgan fingerprint density at radius 3 is 2.21 bits per heavy atom. The molecular weight excluding hydrogens is 503 g/mol. The van der Waals surface area contributed by atoms with E-state index in [1.807, 2.05) is 30.3 Å². The van der Waals surface area contributed by atoms with E-state index in [4.69, 9.17) is 14.2 Å². The maximum Gasteiger partial charge on any atom is 0.573 e. The summed E-state index contributed by atoms with van der Waals surface area (Å²) in [4.78, 5) is 25.3. The topological polar surface area (TPSA) is 83.1 Å². The van der Waals surface area contributed by atoms with Gasteiger partial charge in [-0.3, -0.25) is 0 Å². The number of alkyl halides is 3. The Hall–Kier alpha value is -3.27. The van der Waals surface area contributed by atoms with Crippen LogP contribution in [-0.2, 0) is 31.8 Å². The quantitative estimate of drug-likeness (QED) is 0.493. The second kappa shape index (κ2) is 12.5. The first-order chi connectivity index (χ1) is 17.8. The van der Waals surface area contributed by atoms with Crippen LogP contribution in [0.1, 0.15) is 38.8 Å². The first-order valence-electron chi connectivity index (χ1n) is 12.5. The normalized spacial score (nSPS) is 22.9. The highest BCUT2D eigenvalue weighted by Crippen LogP contribution is 2.30. The molecule has 1 aliphatic rings. The molecule has 1 N–H and O–H groups in total. The predicted molar refractivity (Wildman–Crippen MR) is 133 cm³/mol. The minimum atomic E-state index is -4.77. The van der Waals surface area contributed by atoms with Crippen molar-refractivity contribution in [2.45, 2.75) is 64.6 Å². The van der Waals surface area contributed by atoms with Crippen molar-refractivity contribution in [2.75, 3.05) is 13.2 Å². The molecule has 1 fully saturated rings. The highest BCUT2D eigenvalue weighted by Gasteiger charge is 2.36. The van der Waals surface area contributed by atoms with Gasteiger partial charge in [0.05, 0.1) is 13.2 Å². The summed E-state index contributed by atoms with van der Waals surface area (Å²) in [5.41, 5.74) is 1.09. The second-order valence-corrected chi connectivity index (χ2v) is 10.4. The minimum Gasteiger partial charge on any atom is -0.461 e. The van der Waals surface area contributed by atoms with Crippen molar-refractivity contribution in [1.29, 1.82) is 0 Å². The van der Waals surface area contributed by atoms with Crippen LogP contribution in [0.3, 0.4) is 0 Å². The zero-order valence-corrected chi connectivity index (χ0v) is 21.9. The lowest BCUT2D eigenvalue weighted by Crippen LogP contribution is -2.47. The molecule has 2 aromatic carbocycles. The Kier molecular flexibility index (Phi) is 9.65. The number of alkyl carbamates (subject to hydrolysis) is 1. The lowest BCUT2D eigenvalue weighted by molar-refractivity contribution is -0.274. The van der Waals surface area contributed by atoms with Crippen LogP contribution < -0.4 is 10.1 Å². The SMILES string of the molecule is C[C@@H]1OC(=O)[C@@H](NC(=O)OC(C)(C)C)COC[C@H](Cc2ccccc2)[C@H]1Cc1ccc(OC(F)(F)F)cc1. The molecule has 1 aliphatic heterocycles. The van der Waals surface area contributed by atoms with E-state index in [2.05, 4.69) is 10.1 Å². The molecule has 0 radical (unpaired) electrons. The molecule has 0 aliphatic carbocycles. The first kappa shape index (κ1) is 29.3. The number of halogens is 3. The van der Waals surface area contributed by atoms with Gasteiger partial charge in [-0.15, -0.1) is 13.2 Å². The van der Waals surface area contributed by atoms with Crippen molar-refractivity contribution in [3.8, 4) is 5.75 Å². The second-order valence-electron chi connectivity index (χ2n) is 10.4. The smallest absolute Gasteiger partial charge is 0.461 e. The summed E-state index contributed by atoms with van der Waals surface area (Å²) in [7, 11) is 0. The Bertz CT molecular complexity index is 1050. The summed E-state index contributed by atoms with van der Waals surface area (Å²) in [5.74, 6) is -1.28. The van der Waals surface area contributed by atoms with E-state index >= 15 is 0 Å². The number of esters is 1. The van der Waals surface area contributed by atoms with E-state index in [-0.39, 0.29) is 30.8 Å². The van der Waals surface area contributed by atoms with Crippen LogP contribution in [0.25, 0.3) is 0 Å². The van der Waals surface area contributed by atoms with Crippen LogP contribution in [0.5, 0.6) is 5.75 Å². The van der Waals surface area contributed by atoms with Gasteiger partial charge in [-0.2, -0.15) is 0 Å². The van der Waals surface area contributed by atoms with Gasteiger partial charge in [-0.1, -0.05) is 42.5 Å². The summed E-state index contributed by atoms with van der Waals surface area (Å²) in [6, 6.07) is 14.4. The zero-order chi connectivity index (χ0) is 27.9. The molecule has 2 aromatic rings. The molecule has 0 bridgehead atoms. The van der Waals surface area contributed by atoms with Crippen molar-refractivity contribution < 1.29 is 41.7 Å². The summed E-state index contributed by atoms with van der Waals surface area (Å²) in [6.45, 7) is 7.11. The van der Waals surface area contributed by atoms with Crippen molar-refractivity contribution >= 4 is 12.1 Å². The zero-order valence-electron chi connectivity index (χ0n) is 21.9. The number of nitrogens with one attached hydrogen (secondary N) is 1. The third-order valence-electron chi connectivity index (χ3n) is 6.07. The van der Waals surface area contributed by atoms with E-state index in [9.17, 15) is 22.8 Å². The number of hydrogen-bond acceptors (Lipinski definition) is 6. The van der Waals surface area contributed by atoms with Crippen LogP contribution in [0.2, 0.25) is 0 Å². The molecule has 10 heteroatoms. The van der Waals surface area contributed by atoms with Crippen molar-refractivity contribution in [3.05, 3.63) is 65.7 Å². The maximum absolute atomic E-state index is 13.0. The molecule has 7 nitrogen and oxygen atoms in total. The highest BCUT2D eigenvalue weighted by atomic mass is 19.4. The maximum atomic E-state index is 13.0. The highest BCUT2D eigenvalue weighted by molar-refractivity contribution is 5.81. The molecular formula is C28H34F3NO6. The average molecular weight is 538 g/mol. The molecule has 0 unspecified atom stereocenters. The van der Waals surface area contributed by atoms with E-state index in [0.29, 0.717) is 12.8 Å². The third-order valence-corrected chi connectivity index (χ3v) is 6.07. The molecule has 1 saturated heterocycles. The molecule has 0 spiro atoms. The van der Waals surface area contributed by atoms with Gasteiger partial charge in [-0.05, 0) is 69.7 Å². The lowest BCUT2D eigenvalue weighted by Gasteiger charge is -2.31. The number of carbonyl (C=O) groups is 2. The van der Waals surface area contributed by atoms with Gasteiger partial charge in [0.1, 0.15) is 17.5 Å². The van der Waals surface area contributed by atoms with Crippen molar-refractivity contribution in [1.82, 2.24) is 5.32 Å². The average Bonchev–Trinajstić information content (AvgIpc) is 2.84. The van der Waals surface area contributed by atoms with Gasteiger partial charge in [0.25, 0.3) is 0 Å². The minimum absolute atomic E-state index is 0.0910. The molecule has 1 amide bonds. The number of cyclic esters (lactones) is 1. The number of ether oxygens (including phenoxy) is 4. The number of rotatable bonds is 6. The van der Waals surface area contributed by atoms with Gasteiger partial charge in [-0.25, -0.2) is 9.59 Å². The van der Waals surface area contributed by atoms with Crippen molar-refractivity contribution in [2.24, 2.45) is 11.8 Å². The van der Waals surface area contributed by atoms with Crippen molar-refractivity contribution in [3.63, 3.8) is 0 Å². The Morgan fingerprint density at radius 1 is 0.974 bits per heavy atom. The fourth-order valence-electron chi connectivity index (χ4n) is 4.37. The van der Waals surface area contributed by atoms with Crippen LogP contribution in [0.15, 0.2) is 54.6 Å². The van der Waals surface area contributed by atoms with Gasteiger partial charge < -0.3 is 24.3 Å². The Labute approximate surface area is 220 Å². The predicted octanol–water partition coefficient (Wildman–Crippen LogP) is 5.46. The van der Waals surface area contributed by atoms with Crippen LogP contribution in [-0.4, -0.2) is 49.4 Å². The van der Waals surface area contributed by atoms with Gasteiger partial charge in [0, 0.05) is 5.92 Å². The summed E-state index contributed by atoms with van der Waals surface area (Å²) >= 11 is 0. The van der Waals surface area contributed by atoms with E-state index < -0.39 is 36.2 Å². The first-order valence-corrected chi connectivity index (χ1v) is 12.5. The largest absolute Gasteiger partial charge is 0.573 e. The fraction of sp³-hybridized carbons (Fsp3) is 0.500. The molecule has 38 heavy (non-hydrogen) atoms. The molecule has 1 heterocycles. The molecule has 0 saturated carbocycles. The summed E-state index contributed by atoms with van der Waals surface area (Å²) in [5, 5.41) is 2.53. The standard InChI is InChI=1S/C28H34F3NO6/c1-18-23(15-20-10-12-22(13-11-20)37-28(29,30)31)21(14-19-8-6-5-7-9-19)16-35-17-24(25(33)36-18)32-26(34)38-27(2,3)4/h5-13,18,21,23-24H,14-17H2,1-4H3,(H,32,34)/t18-,21-,23-,24-/m0/s1. The van der Waals surface area contributed by atoms with Gasteiger partial charge in [0.15, 0.2) is 6.04 Å². The lowest BCUT2D eigenvalue weighted by atomic mass is 9.80. The fourth-order valence-corrected chi connectivity index (χ4v) is 4.37. The van der Waals surface area contributed by atoms with E-state index in [1.165, 1.54) is 12.1 Å². The number of carbonyl (C=O) groups excluding carboxylic acids is 2. The molecule has 3 rings (SSSR count). The Balaban J connectivity index is 1.80. The number of benzene rings is 2. The van der Waals surface area contributed by atoms with E-state index in [1.54, 1.807) is 39.8 Å². The molecule has 4 atom stereocenters. The summed E-state index contributed by atoms with van der Waals surface area (Å²) < 4.78 is 58.6. The summed E-state index contributed by atoms with van der Waals surface area (Å²) in [6.07, 6.45) is -5.05. The number of amides is 1. The number of hydrogen-bond donors (Lipinski definition) is 1. The Morgan fingerprint density at radius 2 is 1.61 bits per heavy atom. The van der Waals surface area contributed by atoms with Gasteiger partial charge in [0.2, 0.25) is 0 Å². The monoisotopic (exact) mass is 537 g/mol. The molecule has 0 aromatic heterocycles. The van der Waals surface area contributed by atoms with Crippen LogP contribution in [0.4, 0.5) is 18.0 Å². The van der Waals surface area contributed by atoms with E-state index in [0.717, 1.165) is 11.1 Å². The van der Waals surface area contributed by atoms with Crippen LogP contribution >= 0.6 is 0 Å². The third kappa shape index (κ3) is 9.55. The molecule has 208 valence electrons. The van der Waals surface area contributed by atoms with Gasteiger partial charge >= 0.3 is 18.4 Å².